The van der Waals surface area contributed by atoms with Gasteiger partial charge in [0.2, 0.25) is 0 Å². The van der Waals surface area contributed by atoms with Gasteiger partial charge >= 0.3 is 0 Å². The topological polar surface area (TPSA) is 39.7 Å². The highest BCUT2D eigenvalue weighted by Crippen LogP contribution is 2.33. The molecule has 1 aromatic rings. The smallest absolute Gasteiger partial charge is 0.118 e. The van der Waals surface area contributed by atoms with E-state index in [1.807, 2.05) is 0 Å². The zero-order chi connectivity index (χ0) is 16.9. The molecule has 1 aromatic carbocycles. The van der Waals surface area contributed by atoms with Gasteiger partial charge in [0, 0.05) is 25.3 Å². The molecule has 4 nitrogen and oxygen atoms in total. The molecule has 0 amide bonds. The van der Waals surface area contributed by atoms with Crippen molar-refractivity contribution < 1.29 is 14.2 Å². The summed E-state index contributed by atoms with van der Waals surface area (Å²) in [6.45, 7) is 6.11. The summed E-state index contributed by atoms with van der Waals surface area (Å²) in [5.41, 5.74) is 1.36. The van der Waals surface area contributed by atoms with E-state index in [9.17, 15) is 0 Å². The molecule has 0 radical (unpaired) electrons. The molecule has 1 N–H and O–H groups in total. The average Bonchev–Trinajstić information content (AvgIpc) is 2.60. The first-order valence-electron chi connectivity index (χ1n) is 9.29. The standard InChI is InChI=1S/C20H31NO3/c1-14-12-18(13-15(2)24-14)21-20(17-8-10-23-11-9-17)16-4-6-19(22-3)7-5-16/h4-7,14-15,17-18,20-21H,8-13H2,1-3H3. The monoisotopic (exact) mass is 333 g/mol. The minimum atomic E-state index is 0.331. The third kappa shape index (κ3) is 4.50. The fourth-order valence-electron chi connectivity index (χ4n) is 4.16. The summed E-state index contributed by atoms with van der Waals surface area (Å²) in [6, 6.07) is 9.44. The van der Waals surface area contributed by atoms with Gasteiger partial charge in [0.05, 0.1) is 19.3 Å². The summed E-state index contributed by atoms with van der Waals surface area (Å²) >= 11 is 0. The highest BCUT2D eigenvalue weighted by Gasteiger charge is 2.31. The first-order chi connectivity index (χ1) is 11.7. The maximum atomic E-state index is 5.90. The van der Waals surface area contributed by atoms with Crippen molar-refractivity contribution in [3.05, 3.63) is 29.8 Å². The Bertz CT molecular complexity index is 488. The number of hydrogen-bond donors (Lipinski definition) is 1. The van der Waals surface area contributed by atoms with E-state index in [0.717, 1.165) is 44.6 Å². The van der Waals surface area contributed by atoms with Crippen molar-refractivity contribution in [1.82, 2.24) is 5.32 Å². The molecule has 24 heavy (non-hydrogen) atoms. The minimum Gasteiger partial charge on any atom is -0.497 e. The van der Waals surface area contributed by atoms with E-state index in [2.05, 4.69) is 43.4 Å². The minimum absolute atomic E-state index is 0.331. The second-order valence-electron chi connectivity index (χ2n) is 7.29. The second kappa shape index (κ2) is 8.32. The largest absolute Gasteiger partial charge is 0.497 e. The van der Waals surface area contributed by atoms with Crippen molar-refractivity contribution >= 4 is 0 Å². The Morgan fingerprint density at radius 1 is 1.04 bits per heavy atom. The molecule has 2 heterocycles. The van der Waals surface area contributed by atoms with Crippen LogP contribution in [0.3, 0.4) is 0 Å². The third-order valence-electron chi connectivity index (χ3n) is 5.33. The average molecular weight is 333 g/mol. The summed E-state index contributed by atoms with van der Waals surface area (Å²) in [6.07, 6.45) is 5.08. The molecule has 2 aliphatic rings. The van der Waals surface area contributed by atoms with E-state index >= 15 is 0 Å². The molecule has 3 unspecified atom stereocenters. The van der Waals surface area contributed by atoms with E-state index in [1.165, 1.54) is 5.56 Å². The second-order valence-corrected chi connectivity index (χ2v) is 7.29. The van der Waals surface area contributed by atoms with Crippen LogP contribution in [0.25, 0.3) is 0 Å². The third-order valence-corrected chi connectivity index (χ3v) is 5.33. The maximum Gasteiger partial charge on any atom is 0.118 e. The van der Waals surface area contributed by atoms with Crippen LogP contribution in [0.4, 0.5) is 0 Å². The maximum absolute atomic E-state index is 5.90. The Kier molecular flexibility index (Phi) is 6.14. The first kappa shape index (κ1) is 17.7. The van der Waals surface area contributed by atoms with Crippen LogP contribution in [-0.2, 0) is 9.47 Å². The lowest BCUT2D eigenvalue weighted by molar-refractivity contribution is -0.0461. The van der Waals surface area contributed by atoms with E-state index in [0.29, 0.717) is 30.2 Å². The molecule has 0 saturated carbocycles. The molecule has 0 aromatic heterocycles. The van der Waals surface area contributed by atoms with E-state index < -0.39 is 0 Å². The fourth-order valence-corrected chi connectivity index (χ4v) is 4.16. The Morgan fingerprint density at radius 3 is 2.25 bits per heavy atom. The summed E-state index contributed by atoms with van der Waals surface area (Å²) in [5, 5.41) is 3.96. The van der Waals surface area contributed by atoms with Crippen LogP contribution in [-0.4, -0.2) is 38.6 Å². The van der Waals surface area contributed by atoms with Gasteiger partial charge in [-0.3, -0.25) is 0 Å². The normalized spacial score (nSPS) is 30.0. The summed E-state index contributed by atoms with van der Waals surface area (Å²) in [4.78, 5) is 0. The van der Waals surface area contributed by atoms with Crippen molar-refractivity contribution in [3.63, 3.8) is 0 Å². The van der Waals surface area contributed by atoms with Crippen molar-refractivity contribution in [2.24, 2.45) is 5.92 Å². The van der Waals surface area contributed by atoms with Gasteiger partial charge in [0.25, 0.3) is 0 Å². The molecule has 0 bridgehead atoms. The first-order valence-corrected chi connectivity index (χ1v) is 9.29. The van der Waals surface area contributed by atoms with Crippen molar-refractivity contribution in [2.75, 3.05) is 20.3 Å². The summed E-state index contributed by atoms with van der Waals surface area (Å²) < 4.78 is 16.8. The van der Waals surface area contributed by atoms with Gasteiger partial charge in [-0.25, -0.2) is 0 Å². The van der Waals surface area contributed by atoms with Gasteiger partial charge in [-0.2, -0.15) is 0 Å². The van der Waals surface area contributed by atoms with Crippen molar-refractivity contribution in [3.8, 4) is 5.75 Å². The van der Waals surface area contributed by atoms with E-state index in [4.69, 9.17) is 14.2 Å². The molecule has 3 atom stereocenters. The van der Waals surface area contributed by atoms with Gasteiger partial charge in [0.15, 0.2) is 0 Å². The summed E-state index contributed by atoms with van der Waals surface area (Å²) in [7, 11) is 1.72. The van der Waals surface area contributed by atoms with Gasteiger partial charge < -0.3 is 19.5 Å². The summed E-state index contributed by atoms with van der Waals surface area (Å²) in [5.74, 6) is 1.54. The van der Waals surface area contributed by atoms with Crippen molar-refractivity contribution in [1.29, 1.82) is 0 Å². The van der Waals surface area contributed by atoms with E-state index in [1.54, 1.807) is 7.11 Å². The van der Waals surface area contributed by atoms with Crippen molar-refractivity contribution in [2.45, 2.75) is 63.8 Å². The number of ether oxygens (including phenoxy) is 3. The fraction of sp³-hybridized carbons (Fsp3) is 0.700. The molecular weight excluding hydrogens is 302 g/mol. The molecule has 2 fully saturated rings. The van der Waals surface area contributed by atoms with Crippen LogP contribution < -0.4 is 10.1 Å². The lowest BCUT2D eigenvalue weighted by atomic mass is 9.85. The SMILES string of the molecule is COc1ccc(C(NC2CC(C)OC(C)C2)C2CCOCC2)cc1. The molecule has 134 valence electrons. The van der Waals surface area contributed by atoms with Gasteiger partial charge in [0.1, 0.15) is 5.75 Å². The number of benzene rings is 1. The predicted molar refractivity (Wildman–Crippen MR) is 95.4 cm³/mol. The molecule has 2 saturated heterocycles. The molecule has 4 heteroatoms. The van der Waals surface area contributed by atoms with E-state index in [-0.39, 0.29) is 0 Å². The van der Waals surface area contributed by atoms with Gasteiger partial charge in [-0.15, -0.1) is 0 Å². The lowest BCUT2D eigenvalue weighted by Crippen LogP contribution is -2.45. The molecule has 3 rings (SSSR count). The lowest BCUT2D eigenvalue weighted by Gasteiger charge is -2.38. The van der Waals surface area contributed by atoms with Crippen LogP contribution in [0.2, 0.25) is 0 Å². The van der Waals surface area contributed by atoms with Crippen LogP contribution in [0.1, 0.15) is 51.1 Å². The highest BCUT2D eigenvalue weighted by molar-refractivity contribution is 5.29. The molecular formula is C20H31NO3. The van der Waals surface area contributed by atoms with Crippen LogP contribution in [0.5, 0.6) is 5.75 Å². The van der Waals surface area contributed by atoms with Gasteiger partial charge in [-0.05, 0) is 63.1 Å². The quantitative estimate of drug-likeness (QED) is 0.892. The molecule has 2 aliphatic heterocycles. The zero-order valence-corrected chi connectivity index (χ0v) is 15.2. The van der Waals surface area contributed by atoms with Gasteiger partial charge in [-0.1, -0.05) is 12.1 Å². The highest BCUT2D eigenvalue weighted by atomic mass is 16.5. The van der Waals surface area contributed by atoms with Crippen LogP contribution in [0.15, 0.2) is 24.3 Å². The predicted octanol–water partition coefficient (Wildman–Crippen LogP) is 3.71. The Morgan fingerprint density at radius 2 is 1.67 bits per heavy atom. The number of methoxy groups -OCH3 is 1. The number of nitrogens with one attached hydrogen (secondary N) is 1. The Labute approximate surface area is 145 Å². The molecule has 0 aliphatic carbocycles. The number of rotatable bonds is 5. The van der Waals surface area contributed by atoms with Crippen LogP contribution >= 0.6 is 0 Å². The number of hydrogen-bond acceptors (Lipinski definition) is 4. The van der Waals surface area contributed by atoms with Crippen LogP contribution in [0, 0.1) is 5.92 Å². The Hall–Kier alpha value is -1.10. The molecule has 0 spiro atoms. The Balaban J connectivity index is 1.75. The zero-order valence-electron chi connectivity index (χ0n) is 15.2.